The number of rotatable bonds is 4. The summed E-state index contributed by atoms with van der Waals surface area (Å²) in [6, 6.07) is 0. The quantitative estimate of drug-likeness (QED) is 0.779. The molecule has 1 aromatic heterocycles. The van der Waals surface area contributed by atoms with Crippen LogP contribution in [0, 0.1) is 12.8 Å². The van der Waals surface area contributed by atoms with Crippen LogP contribution in [0.2, 0.25) is 0 Å². The van der Waals surface area contributed by atoms with Gasteiger partial charge in [0, 0.05) is 24.8 Å². The summed E-state index contributed by atoms with van der Waals surface area (Å²) in [7, 11) is 0. The van der Waals surface area contributed by atoms with Gasteiger partial charge in [0.25, 0.3) is 0 Å². The van der Waals surface area contributed by atoms with Gasteiger partial charge in [-0.15, -0.1) is 0 Å². The number of Topliss-reactive ketones (excluding diaryl/α,β-unsaturated/α-hetero) is 1. The zero-order valence-corrected chi connectivity index (χ0v) is 15.0. The molecule has 0 aromatic carbocycles. The zero-order chi connectivity index (χ0) is 18.3. The number of hydrogen-bond donors (Lipinski definition) is 0. The van der Waals surface area contributed by atoms with Gasteiger partial charge in [-0.05, 0) is 38.2 Å². The Hall–Kier alpha value is -2.24. The van der Waals surface area contributed by atoms with Gasteiger partial charge in [-0.3, -0.25) is 14.6 Å². The molecule has 134 valence electrons. The van der Waals surface area contributed by atoms with Gasteiger partial charge >= 0.3 is 11.9 Å². The van der Waals surface area contributed by atoms with Crippen LogP contribution in [0.25, 0.3) is 0 Å². The lowest BCUT2D eigenvalue weighted by Gasteiger charge is -2.31. The molecule has 0 saturated heterocycles. The van der Waals surface area contributed by atoms with Gasteiger partial charge in [-0.1, -0.05) is 6.92 Å². The number of carbonyl (C=O) groups excluding carboxylic acids is 3. The molecule has 6 nitrogen and oxygen atoms in total. The van der Waals surface area contributed by atoms with E-state index in [9.17, 15) is 14.4 Å². The number of pyridine rings is 1. The highest BCUT2D eigenvalue weighted by Crippen LogP contribution is 2.48. The van der Waals surface area contributed by atoms with Crippen molar-refractivity contribution in [2.24, 2.45) is 5.92 Å². The van der Waals surface area contributed by atoms with Crippen molar-refractivity contribution in [1.82, 2.24) is 4.98 Å². The second kappa shape index (κ2) is 6.58. The Morgan fingerprint density at radius 1 is 1.28 bits per heavy atom. The fourth-order valence-electron chi connectivity index (χ4n) is 3.61. The molecule has 3 rings (SSSR count). The van der Waals surface area contributed by atoms with Crippen molar-refractivity contribution in [3.05, 3.63) is 28.1 Å². The zero-order valence-electron chi connectivity index (χ0n) is 15.0. The van der Waals surface area contributed by atoms with Crippen molar-refractivity contribution < 1.29 is 23.9 Å². The third-order valence-electron chi connectivity index (χ3n) is 4.78. The molecule has 1 aromatic rings. The monoisotopic (exact) mass is 345 g/mol. The number of ketones is 1. The standard InChI is InChI=1S/C19H23NO5/c1-5-24-19(23)14-10(3)20-17-16(15(14)12-6-7-12)13(22)8-9(2)18(17)25-11(4)21/h9,12,18H,5-8H2,1-4H3. The van der Waals surface area contributed by atoms with Crippen molar-refractivity contribution >= 4 is 17.7 Å². The third-order valence-corrected chi connectivity index (χ3v) is 4.78. The lowest BCUT2D eigenvalue weighted by Crippen LogP contribution is -2.30. The number of fused-ring (bicyclic) bond motifs is 1. The molecule has 0 bridgehead atoms. The molecule has 2 aliphatic rings. The smallest absolute Gasteiger partial charge is 0.340 e. The maximum absolute atomic E-state index is 12.8. The van der Waals surface area contributed by atoms with Crippen molar-refractivity contribution in [3.8, 4) is 0 Å². The summed E-state index contributed by atoms with van der Waals surface area (Å²) in [6.07, 6.45) is 1.59. The van der Waals surface area contributed by atoms with Crippen LogP contribution in [0.5, 0.6) is 0 Å². The fraction of sp³-hybridized carbons (Fsp3) is 0.579. The Morgan fingerprint density at radius 3 is 2.52 bits per heavy atom. The summed E-state index contributed by atoms with van der Waals surface area (Å²) in [4.78, 5) is 41.3. The molecule has 0 radical (unpaired) electrons. The minimum absolute atomic E-state index is 0.0362. The Kier molecular flexibility index (Phi) is 4.62. The van der Waals surface area contributed by atoms with Crippen LogP contribution in [0.4, 0.5) is 0 Å². The van der Waals surface area contributed by atoms with E-state index in [1.165, 1.54) is 6.92 Å². The van der Waals surface area contributed by atoms with Crippen LogP contribution in [0.3, 0.4) is 0 Å². The maximum Gasteiger partial charge on any atom is 0.340 e. The van der Waals surface area contributed by atoms with Crippen LogP contribution in [0.15, 0.2) is 0 Å². The number of aromatic nitrogens is 1. The van der Waals surface area contributed by atoms with Gasteiger partial charge < -0.3 is 9.47 Å². The van der Waals surface area contributed by atoms with Crippen molar-refractivity contribution in [2.75, 3.05) is 6.61 Å². The Labute approximate surface area is 146 Å². The normalized spacial score (nSPS) is 22.3. The Bertz CT molecular complexity index is 751. The van der Waals surface area contributed by atoms with Crippen LogP contribution < -0.4 is 0 Å². The summed E-state index contributed by atoms with van der Waals surface area (Å²) >= 11 is 0. The predicted molar refractivity (Wildman–Crippen MR) is 89.5 cm³/mol. The lowest BCUT2D eigenvalue weighted by molar-refractivity contribution is -0.149. The molecular weight excluding hydrogens is 322 g/mol. The van der Waals surface area contributed by atoms with Crippen molar-refractivity contribution in [2.45, 2.75) is 59.0 Å². The van der Waals surface area contributed by atoms with E-state index in [1.807, 2.05) is 6.92 Å². The second-order valence-electron chi connectivity index (χ2n) is 6.88. The SMILES string of the molecule is CCOC(=O)c1c(C)nc2c(c1C1CC1)C(=O)CC(C)C2OC(C)=O. The molecule has 0 amide bonds. The highest BCUT2D eigenvalue weighted by molar-refractivity contribution is 6.04. The number of esters is 2. The van der Waals surface area contributed by atoms with E-state index in [0.29, 0.717) is 22.5 Å². The molecule has 2 atom stereocenters. The third kappa shape index (κ3) is 3.17. The summed E-state index contributed by atoms with van der Waals surface area (Å²) in [5.74, 6) is -0.848. The van der Waals surface area contributed by atoms with Gasteiger partial charge in [0.2, 0.25) is 0 Å². The van der Waals surface area contributed by atoms with Gasteiger partial charge in [0.15, 0.2) is 5.78 Å². The van der Waals surface area contributed by atoms with Gasteiger partial charge in [-0.25, -0.2) is 4.79 Å². The van der Waals surface area contributed by atoms with Crippen LogP contribution >= 0.6 is 0 Å². The van der Waals surface area contributed by atoms with Gasteiger partial charge in [-0.2, -0.15) is 0 Å². The van der Waals surface area contributed by atoms with Crippen LogP contribution in [-0.4, -0.2) is 29.3 Å². The van der Waals surface area contributed by atoms with Crippen LogP contribution in [-0.2, 0) is 14.3 Å². The molecule has 6 heteroatoms. The molecule has 0 N–H and O–H groups in total. The molecule has 0 spiro atoms. The molecule has 2 aliphatic carbocycles. The summed E-state index contributed by atoms with van der Waals surface area (Å²) in [6.45, 7) is 6.99. The van der Waals surface area contributed by atoms with E-state index in [4.69, 9.17) is 9.47 Å². The number of ether oxygens (including phenoxy) is 2. The van der Waals surface area contributed by atoms with Gasteiger partial charge in [0.1, 0.15) is 6.10 Å². The highest BCUT2D eigenvalue weighted by atomic mass is 16.5. The first-order chi connectivity index (χ1) is 11.8. The first-order valence-electron chi connectivity index (χ1n) is 8.77. The van der Waals surface area contributed by atoms with Crippen molar-refractivity contribution in [3.63, 3.8) is 0 Å². The Morgan fingerprint density at radius 2 is 1.96 bits per heavy atom. The molecule has 1 saturated carbocycles. The van der Waals surface area contributed by atoms with E-state index < -0.39 is 18.0 Å². The average Bonchev–Trinajstić information content (AvgIpc) is 3.34. The Balaban J connectivity index is 2.22. The topological polar surface area (TPSA) is 82.6 Å². The predicted octanol–water partition coefficient (Wildman–Crippen LogP) is 3.27. The van der Waals surface area contributed by atoms with Crippen LogP contribution in [0.1, 0.15) is 89.7 Å². The summed E-state index contributed by atoms with van der Waals surface area (Å²) in [5.41, 5.74) is 2.65. The fourth-order valence-corrected chi connectivity index (χ4v) is 3.61. The number of hydrogen-bond acceptors (Lipinski definition) is 6. The maximum atomic E-state index is 12.8. The molecule has 2 unspecified atom stereocenters. The van der Waals surface area contributed by atoms with E-state index >= 15 is 0 Å². The summed E-state index contributed by atoms with van der Waals surface area (Å²) < 4.78 is 10.7. The minimum Gasteiger partial charge on any atom is -0.462 e. The molecular formula is C19H23NO5. The highest BCUT2D eigenvalue weighted by Gasteiger charge is 2.42. The summed E-state index contributed by atoms with van der Waals surface area (Å²) in [5, 5.41) is 0. The second-order valence-corrected chi connectivity index (χ2v) is 6.88. The average molecular weight is 345 g/mol. The van der Waals surface area contributed by atoms with E-state index in [2.05, 4.69) is 4.98 Å². The lowest BCUT2D eigenvalue weighted by atomic mass is 9.80. The number of nitrogens with zero attached hydrogens (tertiary/aromatic N) is 1. The first-order valence-corrected chi connectivity index (χ1v) is 8.77. The molecule has 25 heavy (non-hydrogen) atoms. The molecule has 1 heterocycles. The van der Waals surface area contributed by atoms with Gasteiger partial charge in [0.05, 0.1) is 23.6 Å². The van der Waals surface area contributed by atoms with E-state index in [1.54, 1.807) is 13.8 Å². The number of carbonyl (C=O) groups is 3. The number of aryl methyl sites for hydroxylation is 1. The first kappa shape index (κ1) is 17.6. The minimum atomic E-state index is -0.558. The van der Waals surface area contributed by atoms with Crippen molar-refractivity contribution in [1.29, 1.82) is 0 Å². The van der Waals surface area contributed by atoms with E-state index in [-0.39, 0.29) is 30.6 Å². The largest absolute Gasteiger partial charge is 0.462 e. The molecule has 1 fully saturated rings. The molecule has 0 aliphatic heterocycles. The van der Waals surface area contributed by atoms with E-state index in [0.717, 1.165) is 18.4 Å².